The van der Waals surface area contributed by atoms with Gasteiger partial charge in [0, 0.05) is 5.92 Å². The first-order chi connectivity index (χ1) is 10.6. The van der Waals surface area contributed by atoms with Crippen LogP contribution >= 0.6 is 0 Å². The monoisotopic (exact) mass is 296 g/mol. The average Bonchev–Trinajstić information content (AvgIpc) is 2.53. The summed E-state index contributed by atoms with van der Waals surface area (Å²) in [7, 11) is 0. The van der Waals surface area contributed by atoms with Crippen LogP contribution in [0.25, 0.3) is 0 Å². The minimum absolute atomic E-state index is 0.253. The van der Waals surface area contributed by atoms with Crippen LogP contribution in [-0.2, 0) is 4.74 Å². The SMILES string of the molecule is CC(C)=CCCC1=C[C@@H](C)[C@H]2CO[C@H](c3ccccc3)[C@@H]1C2. The van der Waals surface area contributed by atoms with Gasteiger partial charge < -0.3 is 4.74 Å². The van der Waals surface area contributed by atoms with E-state index in [4.69, 9.17) is 4.74 Å². The fourth-order valence-electron chi connectivity index (χ4n) is 3.94. The summed E-state index contributed by atoms with van der Waals surface area (Å²) in [6.45, 7) is 7.64. The van der Waals surface area contributed by atoms with Gasteiger partial charge in [0.1, 0.15) is 0 Å². The van der Waals surface area contributed by atoms with E-state index in [-0.39, 0.29) is 6.10 Å². The van der Waals surface area contributed by atoms with Crippen LogP contribution in [0.4, 0.5) is 0 Å². The Morgan fingerprint density at radius 2 is 2.00 bits per heavy atom. The molecule has 1 heteroatoms. The van der Waals surface area contributed by atoms with Crippen molar-refractivity contribution in [3.05, 3.63) is 59.2 Å². The van der Waals surface area contributed by atoms with Crippen LogP contribution in [0.1, 0.15) is 51.7 Å². The number of hydrogen-bond donors (Lipinski definition) is 0. The first kappa shape index (κ1) is 15.6. The summed E-state index contributed by atoms with van der Waals surface area (Å²) in [4.78, 5) is 0. The van der Waals surface area contributed by atoms with Gasteiger partial charge in [-0.2, -0.15) is 0 Å². The molecule has 0 unspecified atom stereocenters. The Balaban J connectivity index is 1.81. The van der Waals surface area contributed by atoms with Crippen LogP contribution in [0.5, 0.6) is 0 Å². The molecule has 1 heterocycles. The van der Waals surface area contributed by atoms with E-state index < -0.39 is 0 Å². The third-order valence-corrected chi connectivity index (χ3v) is 5.22. The summed E-state index contributed by atoms with van der Waals surface area (Å²) in [6, 6.07) is 10.8. The first-order valence-corrected chi connectivity index (χ1v) is 8.65. The van der Waals surface area contributed by atoms with E-state index >= 15 is 0 Å². The number of rotatable bonds is 4. The van der Waals surface area contributed by atoms with Gasteiger partial charge in [0.05, 0.1) is 12.7 Å². The lowest BCUT2D eigenvalue weighted by molar-refractivity contribution is -0.0629. The third kappa shape index (κ3) is 3.35. The molecule has 1 aliphatic heterocycles. The zero-order valence-electron chi connectivity index (χ0n) is 14.1. The van der Waals surface area contributed by atoms with Gasteiger partial charge in [-0.3, -0.25) is 0 Å². The molecule has 0 amide bonds. The predicted molar refractivity (Wildman–Crippen MR) is 92.6 cm³/mol. The molecule has 1 fully saturated rings. The van der Waals surface area contributed by atoms with Crippen LogP contribution in [0.15, 0.2) is 53.6 Å². The maximum Gasteiger partial charge on any atom is 0.0890 e. The molecule has 2 aliphatic rings. The summed E-state index contributed by atoms with van der Waals surface area (Å²) >= 11 is 0. The molecule has 0 spiro atoms. The Kier molecular flexibility index (Phi) is 4.83. The minimum atomic E-state index is 0.253. The van der Waals surface area contributed by atoms with Crippen molar-refractivity contribution in [1.29, 1.82) is 0 Å². The molecule has 4 atom stereocenters. The van der Waals surface area contributed by atoms with E-state index in [0.717, 1.165) is 13.0 Å². The number of fused-ring (bicyclic) bond motifs is 2. The Morgan fingerprint density at radius 3 is 2.73 bits per heavy atom. The van der Waals surface area contributed by atoms with Crippen molar-refractivity contribution in [3.8, 4) is 0 Å². The molecule has 118 valence electrons. The van der Waals surface area contributed by atoms with Crippen LogP contribution in [0.3, 0.4) is 0 Å². The van der Waals surface area contributed by atoms with Crippen LogP contribution < -0.4 is 0 Å². The lowest BCUT2D eigenvalue weighted by Gasteiger charge is -2.43. The van der Waals surface area contributed by atoms with Crippen LogP contribution in [-0.4, -0.2) is 6.61 Å². The summed E-state index contributed by atoms with van der Waals surface area (Å²) < 4.78 is 6.30. The lowest BCUT2D eigenvalue weighted by atomic mass is 9.70. The van der Waals surface area contributed by atoms with E-state index in [2.05, 4.69) is 63.3 Å². The lowest BCUT2D eigenvalue weighted by Crippen LogP contribution is -2.36. The highest BCUT2D eigenvalue weighted by atomic mass is 16.5. The van der Waals surface area contributed by atoms with Gasteiger partial charge in [-0.25, -0.2) is 0 Å². The molecule has 0 saturated carbocycles. The van der Waals surface area contributed by atoms with E-state index in [0.29, 0.717) is 17.8 Å². The second kappa shape index (κ2) is 6.83. The molecule has 22 heavy (non-hydrogen) atoms. The summed E-state index contributed by atoms with van der Waals surface area (Å²) in [6.07, 6.45) is 8.79. The van der Waals surface area contributed by atoms with Crippen molar-refractivity contribution in [1.82, 2.24) is 0 Å². The number of ether oxygens (including phenoxy) is 1. The molecular formula is C21H28O. The molecule has 1 aromatic rings. The van der Waals surface area contributed by atoms with Gasteiger partial charge in [-0.15, -0.1) is 0 Å². The smallest absolute Gasteiger partial charge is 0.0890 e. The second-order valence-electron chi connectivity index (χ2n) is 7.19. The average molecular weight is 296 g/mol. The number of benzene rings is 1. The molecule has 1 saturated heterocycles. The predicted octanol–water partition coefficient (Wildman–Crippen LogP) is 5.70. The Morgan fingerprint density at radius 1 is 1.23 bits per heavy atom. The van der Waals surface area contributed by atoms with Crippen LogP contribution in [0, 0.1) is 17.8 Å². The van der Waals surface area contributed by atoms with Gasteiger partial charge in [-0.1, -0.05) is 60.6 Å². The van der Waals surface area contributed by atoms with Gasteiger partial charge in [0.2, 0.25) is 0 Å². The van der Waals surface area contributed by atoms with E-state index in [1.807, 2.05) is 0 Å². The maximum atomic E-state index is 6.30. The second-order valence-corrected chi connectivity index (χ2v) is 7.19. The largest absolute Gasteiger partial charge is 0.373 e. The fourth-order valence-corrected chi connectivity index (χ4v) is 3.94. The summed E-state index contributed by atoms with van der Waals surface area (Å²) in [5, 5.41) is 0. The highest BCUT2D eigenvalue weighted by Gasteiger charge is 2.39. The Hall–Kier alpha value is -1.34. The molecule has 0 N–H and O–H groups in total. The highest BCUT2D eigenvalue weighted by Crippen LogP contribution is 2.47. The maximum absolute atomic E-state index is 6.30. The molecule has 1 nitrogen and oxygen atoms in total. The van der Waals surface area contributed by atoms with Gasteiger partial charge in [0.25, 0.3) is 0 Å². The van der Waals surface area contributed by atoms with Crippen molar-refractivity contribution < 1.29 is 4.74 Å². The number of hydrogen-bond acceptors (Lipinski definition) is 1. The zero-order chi connectivity index (χ0) is 15.5. The van der Waals surface area contributed by atoms with E-state index in [1.54, 1.807) is 5.57 Å². The molecule has 0 radical (unpaired) electrons. The third-order valence-electron chi connectivity index (χ3n) is 5.22. The topological polar surface area (TPSA) is 9.23 Å². The quantitative estimate of drug-likeness (QED) is 0.647. The molecular weight excluding hydrogens is 268 g/mol. The fraction of sp³-hybridized carbons (Fsp3) is 0.524. The molecule has 1 aliphatic carbocycles. The first-order valence-electron chi connectivity index (χ1n) is 8.65. The normalized spacial score (nSPS) is 30.6. The van der Waals surface area contributed by atoms with Crippen molar-refractivity contribution in [2.75, 3.05) is 6.61 Å². The van der Waals surface area contributed by atoms with E-state index in [9.17, 15) is 0 Å². The van der Waals surface area contributed by atoms with Crippen molar-refractivity contribution in [2.45, 2.75) is 46.1 Å². The van der Waals surface area contributed by atoms with Crippen molar-refractivity contribution >= 4 is 0 Å². The zero-order valence-corrected chi connectivity index (χ0v) is 14.1. The molecule has 0 aromatic heterocycles. The molecule has 1 aromatic carbocycles. The van der Waals surface area contributed by atoms with E-state index in [1.165, 1.54) is 24.0 Å². The van der Waals surface area contributed by atoms with Crippen molar-refractivity contribution in [3.63, 3.8) is 0 Å². The van der Waals surface area contributed by atoms with Gasteiger partial charge in [0.15, 0.2) is 0 Å². The van der Waals surface area contributed by atoms with Crippen molar-refractivity contribution in [2.24, 2.45) is 17.8 Å². The molecule has 2 bridgehead atoms. The van der Waals surface area contributed by atoms with Gasteiger partial charge >= 0.3 is 0 Å². The Bertz CT molecular complexity index is 551. The standard InChI is InChI=1S/C21H28O/c1-15(2)8-7-11-18-12-16(3)19-13-20(18)21(22-14-19)17-9-5-4-6-10-17/h4-6,8-10,12,16,19-21H,7,11,13-14H2,1-3H3/t16-,19-,20-,21-/m1/s1. The summed E-state index contributed by atoms with van der Waals surface area (Å²) in [5.41, 5.74) is 4.38. The van der Waals surface area contributed by atoms with Crippen LogP contribution in [0.2, 0.25) is 0 Å². The number of allylic oxidation sites excluding steroid dienone is 3. The minimum Gasteiger partial charge on any atom is -0.373 e. The molecule has 3 rings (SSSR count). The van der Waals surface area contributed by atoms with Gasteiger partial charge in [-0.05, 0) is 50.5 Å². The highest BCUT2D eigenvalue weighted by molar-refractivity contribution is 5.26. The Labute approximate surface area is 135 Å². The summed E-state index contributed by atoms with van der Waals surface area (Å²) in [5.74, 6) is 1.94.